The quantitative estimate of drug-likeness (QED) is 0.230. The molecule has 35 heavy (non-hydrogen) atoms. The molecule has 2 aliphatic rings. The SMILES string of the molecule is O=C1NCc2c1c1c3ccccc3n([C@@H]3O[C@H](CO)[C@@H](O)[C@H](O)[C@H]3O)c1c1[nH]c3ccccc3c21. The number of carbonyl (C=O) groups excluding carboxylic acids is 1. The lowest BCUT2D eigenvalue weighted by atomic mass is 9.96. The fraction of sp³-hybridized carbons (Fsp3) is 0.269. The Labute approximate surface area is 198 Å². The van der Waals surface area contributed by atoms with Crippen molar-refractivity contribution >= 4 is 49.5 Å². The third-order valence-corrected chi connectivity index (χ3v) is 7.48. The number of rotatable bonds is 2. The standard InChI is InChI=1S/C26H23N3O6/c30-10-16-22(31)23(32)24(33)26(35-16)29-15-8-4-2-6-12(15)18-19-13(9-27-25(19)34)17-11-5-1-3-7-14(11)28-20(17)21(18)29/h1-8,16,22-24,26,28,30-33H,9-10H2,(H,27,34)/t16-,22-,23+,24-,26-/m1/s1. The second-order valence-corrected chi connectivity index (χ2v) is 9.29. The van der Waals surface area contributed by atoms with Gasteiger partial charge in [0.2, 0.25) is 0 Å². The van der Waals surface area contributed by atoms with E-state index in [1.165, 1.54) is 0 Å². The van der Waals surface area contributed by atoms with Gasteiger partial charge in [-0.1, -0.05) is 36.4 Å². The minimum Gasteiger partial charge on any atom is -0.394 e. The van der Waals surface area contributed by atoms with E-state index >= 15 is 0 Å². The van der Waals surface area contributed by atoms with Crippen molar-refractivity contribution in [2.45, 2.75) is 37.2 Å². The lowest BCUT2D eigenvalue weighted by Gasteiger charge is -2.41. The number of carbonyl (C=O) groups is 1. The van der Waals surface area contributed by atoms with E-state index in [4.69, 9.17) is 4.74 Å². The van der Waals surface area contributed by atoms with Crippen molar-refractivity contribution in [1.82, 2.24) is 14.9 Å². The number of H-pyrrole nitrogens is 1. The molecule has 9 heteroatoms. The average molecular weight is 473 g/mol. The minimum atomic E-state index is -1.53. The van der Waals surface area contributed by atoms with Gasteiger partial charge in [-0.3, -0.25) is 4.79 Å². The maximum atomic E-state index is 13.2. The maximum absolute atomic E-state index is 13.2. The van der Waals surface area contributed by atoms with E-state index < -0.39 is 37.3 Å². The number of amides is 1. The highest BCUT2D eigenvalue weighted by atomic mass is 16.6. The number of hydrogen-bond acceptors (Lipinski definition) is 6. The highest BCUT2D eigenvalue weighted by Crippen LogP contribution is 2.45. The van der Waals surface area contributed by atoms with E-state index in [0.29, 0.717) is 23.1 Å². The number of aromatic nitrogens is 2. The molecule has 0 bridgehead atoms. The summed E-state index contributed by atoms with van der Waals surface area (Å²) in [6.07, 6.45) is -6.66. The zero-order valence-electron chi connectivity index (χ0n) is 18.5. The number of nitrogens with zero attached hydrogens (tertiary/aromatic N) is 1. The van der Waals surface area contributed by atoms with Crippen molar-refractivity contribution in [3.05, 3.63) is 59.7 Å². The van der Waals surface area contributed by atoms with Crippen LogP contribution in [0, 0.1) is 0 Å². The number of ether oxygens (including phenoxy) is 1. The number of aliphatic hydroxyl groups is 4. The molecule has 1 saturated heterocycles. The van der Waals surface area contributed by atoms with E-state index in [9.17, 15) is 25.2 Å². The van der Waals surface area contributed by atoms with Gasteiger partial charge in [-0.25, -0.2) is 0 Å². The van der Waals surface area contributed by atoms with Gasteiger partial charge in [0.1, 0.15) is 24.4 Å². The van der Waals surface area contributed by atoms with Crippen LogP contribution in [-0.2, 0) is 11.3 Å². The molecule has 0 radical (unpaired) electrons. The van der Waals surface area contributed by atoms with Gasteiger partial charge in [0, 0.05) is 33.6 Å². The lowest BCUT2D eigenvalue weighted by Crippen LogP contribution is -2.56. The van der Waals surface area contributed by atoms with E-state index in [0.717, 1.165) is 38.1 Å². The number of aromatic amines is 1. The zero-order valence-corrected chi connectivity index (χ0v) is 18.5. The highest BCUT2D eigenvalue weighted by molar-refractivity contribution is 6.30. The molecule has 178 valence electrons. The van der Waals surface area contributed by atoms with Crippen molar-refractivity contribution in [1.29, 1.82) is 0 Å². The molecular formula is C26H23N3O6. The second kappa shape index (κ2) is 7.27. The molecule has 2 aliphatic heterocycles. The van der Waals surface area contributed by atoms with Crippen molar-refractivity contribution in [3.63, 3.8) is 0 Å². The summed E-state index contributed by atoms with van der Waals surface area (Å²) in [6.45, 7) is -0.125. The number of hydrogen-bond donors (Lipinski definition) is 6. The monoisotopic (exact) mass is 473 g/mol. The van der Waals surface area contributed by atoms with E-state index in [2.05, 4.69) is 10.3 Å². The Hall–Kier alpha value is -3.47. The molecule has 6 N–H and O–H groups in total. The molecule has 1 fully saturated rings. The fourth-order valence-corrected chi connectivity index (χ4v) is 5.92. The van der Waals surface area contributed by atoms with Crippen molar-refractivity contribution in [2.24, 2.45) is 0 Å². The predicted molar refractivity (Wildman–Crippen MR) is 129 cm³/mol. The van der Waals surface area contributed by atoms with Gasteiger partial charge < -0.3 is 40.0 Å². The highest BCUT2D eigenvalue weighted by Gasteiger charge is 2.45. The van der Waals surface area contributed by atoms with Gasteiger partial charge in [-0.05, 0) is 17.7 Å². The Balaban J connectivity index is 1.68. The molecule has 0 spiro atoms. The summed E-state index contributed by atoms with van der Waals surface area (Å²) in [7, 11) is 0. The summed E-state index contributed by atoms with van der Waals surface area (Å²) in [5.41, 5.74) is 4.52. The summed E-state index contributed by atoms with van der Waals surface area (Å²) >= 11 is 0. The van der Waals surface area contributed by atoms with E-state index in [1.54, 1.807) is 4.57 Å². The third kappa shape index (κ3) is 2.61. The first-order valence-corrected chi connectivity index (χ1v) is 11.6. The topological polar surface area (TPSA) is 140 Å². The Bertz CT molecular complexity index is 1670. The summed E-state index contributed by atoms with van der Waals surface area (Å²) in [4.78, 5) is 16.7. The van der Waals surface area contributed by atoms with Gasteiger partial charge in [-0.2, -0.15) is 0 Å². The molecule has 2 aromatic heterocycles. The van der Waals surface area contributed by atoms with Gasteiger partial charge in [-0.15, -0.1) is 0 Å². The molecule has 7 rings (SSSR count). The zero-order chi connectivity index (χ0) is 24.0. The van der Waals surface area contributed by atoms with Crippen LogP contribution >= 0.6 is 0 Å². The number of aliphatic hydroxyl groups excluding tert-OH is 4. The van der Waals surface area contributed by atoms with Crippen LogP contribution in [0.2, 0.25) is 0 Å². The van der Waals surface area contributed by atoms with Crippen LogP contribution in [0.25, 0.3) is 43.6 Å². The van der Waals surface area contributed by atoms with Crippen LogP contribution in [0.15, 0.2) is 48.5 Å². The van der Waals surface area contributed by atoms with Gasteiger partial charge in [0.05, 0.1) is 28.7 Å². The molecule has 0 aliphatic carbocycles. The number of nitrogens with one attached hydrogen (secondary N) is 2. The fourth-order valence-electron chi connectivity index (χ4n) is 5.92. The normalized spacial score (nSPS) is 26.7. The van der Waals surface area contributed by atoms with Crippen LogP contribution in [0.5, 0.6) is 0 Å². The Kier molecular flexibility index (Phi) is 4.33. The smallest absolute Gasteiger partial charge is 0.252 e. The molecule has 5 aromatic rings. The Morgan fingerprint density at radius 3 is 2.49 bits per heavy atom. The summed E-state index contributed by atoms with van der Waals surface area (Å²) < 4.78 is 7.77. The molecule has 1 amide bonds. The largest absolute Gasteiger partial charge is 0.394 e. The van der Waals surface area contributed by atoms with E-state index in [-0.39, 0.29) is 5.91 Å². The molecule has 9 nitrogen and oxygen atoms in total. The summed E-state index contributed by atoms with van der Waals surface area (Å²) in [5.74, 6) is -0.172. The first-order valence-electron chi connectivity index (χ1n) is 11.6. The molecular weight excluding hydrogens is 450 g/mol. The van der Waals surface area contributed by atoms with Gasteiger partial charge in [0.15, 0.2) is 6.23 Å². The first-order chi connectivity index (χ1) is 17.0. The number of benzene rings is 3. The van der Waals surface area contributed by atoms with Crippen LogP contribution in [-0.4, -0.2) is 66.9 Å². The van der Waals surface area contributed by atoms with Crippen LogP contribution in [0.1, 0.15) is 22.1 Å². The van der Waals surface area contributed by atoms with Gasteiger partial charge >= 0.3 is 0 Å². The van der Waals surface area contributed by atoms with Crippen LogP contribution < -0.4 is 5.32 Å². The predicted octanol–water partition coefficient (Wildman–Crippen LogP) is 1.64. The Morgan fingerprint density at radius 1 is 0.943 bits per heavy atom. The van der Waals surface area contributed by atoms with E-state index in [1.807, 2.05) is 48.5 Å². The molecule has 0 unspecified atom stereocenters. The van der Waals surface area contributed by atoms with Crippen molar-refractivity contribution in [2.75, 3.05) is 6.61 Å². The second-order valence-electron chi connectivity index (χ2n) is 9.29. The molecule has 5 atom stereocenters. The summed E-state index contributed by atoms with van der Waals surface area (Å²) in [6, 6.07) is 15.4. The average Bonchev–Trinajstić information content (AvgIpc) is 3.54. The summed E-state index contributed by atoms with van der Waals surface area (Å²) in [5, 5.41) is 48.1. The minimum absolute atomic E-state index is 0.172. The maximum Gasteiger partial charge on any atom is 0.252 e. The third-order valence-electron chi connectivity index (χ3n) is 7.48. The first kappa shape index (κ1) is 20.9. The van der Waals surface area contributed by atoms with Crippen molar-refractivity contribution in [3.8, 4) is 0 Å². The van der Waals surface area contributed by atoms with Gasteiger partial charge in [0.25, 0.3) is 5.91 Å². The van der Waals surface area contributed by atoms with Crippen molar-refractivity contribution < 1.29 is 30.0 Å². The van der Waals surface area contributed by atoms with Crippen LogP contribution in [0.3, 0.4) is 0 Å². The molecule has 0 saturated carbocycles. The van der Waals surface area contributed by atoms with Crippen LogP contribution in [0.4, 0.5) is 0 Å². The Morgan fingerprint density at radius 2 is 1.69 bits per heavy atom. The molecule has 3 aromatic carbocycles. The molecule has 4 heterocycles. The number of para-hydroxylation sites is 2. The number of fused-ring (bicyclic) bond motifs is 10. The lowest BCUT2D eigenvalue weighted by molar-refractivity contribution is -0.249.